The molecule has 1 saturated heterocycles. The zero-order valence-corrected chi connectivity index (χ0v) is 13.2. The zero-order chi connectivity index (χ0) is 13.5. The van der Waals surface area contributed by atoms with E-state index < -0.39 is 0 Å². The standard InChI is InChI=1S/C16H21BrN2O/c17-11-1-4-16-14(9-11)15(6-8-20-16)18-12-5-7-19(10-12)13-2-3-13/h1,4,9,12-13,15,18H,2-3,5-8,10H2. The number of nitrogens with one attached hydrogen (secondary N) is 1. The molecule has 0 radical (unpaired) electrons. The van der Waals surface area contributed by atoms with E-state index in [1.54, 1.807) is 0 Å². The highest BCUT2D eigenvalue weighted by atomic mass is 79.9. The number of benzene rings is 1. The van der Waals surface area contributed by atoms with Crippen LogP contribution in [0.4, 0.5) is 0 Å². The number of likely N-dealkylation sites (tertiary alicyclic amines) is 1. The maximum atomic E-state index is 5.77. The predicted molar refractivity (Wildman–Crippen MR) is 83.1 cm³/mol. The van der Waals surface area contributed by atoms with Gasteiger partial charge in [-0.1, -0.05) is 15.9 Å². The summed E-state index contributed by atoms with van der Waals surface area (Å²) in [6.07, 6.45) is 5.19. The van der Waals surface area contributed by atoms with Crippen LogP contribution in [0, 0.1) is 0 Å². The lowest BCUT2D eigenvalue weighted by Crippen LogP contribution is -2.37. The second-order valence-corrected chi connectivity index (χ2v) is 7.17. The molecule has 2 fully saturated rings. The van der Waals surface area contributed by atoms with Crippen molar-refractivity contribution in [1.82, 2.24) is 10.2 Å². The van der Waals surface area contributed by atoms with E-state index in [4.69, 9.17) is 4.74 Å². The van der Waals surface area contributed by atoms with Crippen molar-refractivity contribution in [2.45, 2.75) is 43.8 Å². The number of fused-ring (bicyclic) bond motifs is 1. The minimum absolute atomic E-state index is 0.445. The summed E-state index contributed by atoms with van der Waals surface area (Å²) in [6.45, 7) is 3.33. The molecule has 2 unspecified atom stereocenters. The van der Waals surface area contributed by atoms with E-state index in [1.165, 1.54) is 37.9 Å². The molecule has 0 aromatic heterocycles. The summed E-state index contributed by atoms with van der Waals surface area (Å²) in [6, 6.07) is 8.34. The summed E-state index contributed by atoms with van der Waals surface area (Å²) in [7, 11) is 0. The van der Waals surface area contributed by atoms with Crippen LogP contribution in [0.5, 0.6) is 5.75 Å². The average molecular weight is 337 g/mol. The molecular formula is C16H21BrN2O. The molecule has 4 heteroatoms. The molecule has 0 bridgehead atoms. The monoisotopic (exact) mass is 336 g/mol. The van der Waals surface area contributed by atoms with E-state index in [0.717, 1.165) is 29.3 Å². The Morgan fingerprint density at radius 1 is 1.20 bits per heavy atom. The molecule has 1 aromatic carbocycles. The Morgan fingerprint density at radius 2 is 2.10 bits per heavy atom. The largest absolute Gasteiger partial charge is 0.493 e. The Morgan fingerprint density at radius 3 is 2.95 bits per heavy atom. The van der Waals surface area contributed by atoms with Crippen molar-refractivity contribution in [2.24, 2.45) is 0 Å². The lowest BCUT2D eigenvalue weighted by atomic mass is 9.99. The molecule has 3 aliphatic rings. The second-order valence-electron chi connectivity index (χ2n) is 6.25. The van der Waals surface area contributed by atoms with Gasteiger partial charge in [0.05, 0.1) is 6.61 Å². The van der Waals surface area contributed by atoms with Crippen molar-refractivity contribution in [2.75, 3.05) is 19.7 Å². The molecule has 4 rings (SSSR count). The SMILES string of the molecule is Brc1ccc2c(c1)C(NC1CCN(C3CC3)C1)CCO2. The topological polar surface area (TPSA) is 24.5 Å². The summed E-state index contributed by atoms with van der Waals surface area (Å²) in [5.74, 6) is 1.05. The Hall–Kier alpha value is -0.580. The van der Waals surface area contributed by atoms with Crippen molar-refractivity contribution >= 4 is 15.9 Å². The van der Waals surface area contributed by atoms with Crippen LogP contribution in [0.25, 0.3) is 0 Å². The first-order valence-corrected chi connectivity index (χ1v) is 8.51. The fraction of sp³-hybridized carbons (Fsp3) is 0.625. The van der Waals surface area contributed by atoms with Gasteiger partial charge in [0.2, 0.25) is 0 Å². The van der Waals surface area contributed by atoms with Crippen molar-refractivity contribution in [3.8, 4) is 5.75 Å². The van der Waals surface area contributed by atoms with Crippen molar-refractivity contribution in [1.29, 1.82) is 0 Å². The minimum Gasteiger partial charge on any atom is -0.493 e. The molecule has 2 atom stereocenters. The molecule has 0 spiro atoms. The van der Waals surface area contributed by atoms with Crippen molar-refractivity contribution in [3.05, 3.63) is 28.2 Å². The molecule has 1 aliphatic carbocycles. The van der Waals surface area contributed by atoms with Gasteiger partial charge in [-0.05, 0) is 37.5 Å². The van der Waals surface area contributed by atoms with E-state index in [0.29, 0.717) is 12.1 Å². The normalized spacial score (nSPS) is 30.1. The van der Waals surface area contributed by atoms with E-state index >= 15 is 0 Å². The number of ether oxygens (including phenoxy) is 1. The van der Waals surface area contributed by atoms with Crippen molar-refractivity contribution in [3.63, 3.8) is 0 Å². The smallest absolute Gasteiger partial charge is 0.124 e. The zero-order valence-electron chi connectivity index (χ0n) is 11.6. The maximum absolute atomic E-state index is 5.77. The fourth-order valence-corrected chi connectivity index (χ4v) is 3.90. The Balaban J connectivity index is 1.46. The fourth-order valence-electron chi connectivity index (χ4n) is 3.52. The van der Waals surface area contributed by atoms with E-state index in [9.17, 15) is 0 Å². The van der Waals surface area contributed by atoms with E-state index in [1.807, 2.05) is 0 Å². The number of nitrogens with zero attached hydrogens (tertiary/aromatic N) is 1. The van der Waals surface area contributed by atoms with Gasteiger partial charge in [0.25, 0.3) is 0 Å². The lowest BCUT2D eigenvalue weighted by molar-refractivity contribution is 0.241. The molecule has 20 heavy (non-hydrogen) atoms. The molecule has 1 saturated carbocycles. The molecular weight excluding hydrogens is 316 g/mol. The van der Waals surface area contributed by atoms with Gasteiger partial charge in [-0.2, -0.15) is 0 Å². The summed E-state index contributed by atoms with van der Waals surface area (Å²) >= 11 is 3.58. The first kappa shape index (κ1) is 13.1. The van der Waals surface area contributed by atoms with Crippen LogP contribution < -0.4 is 10.1 Å². The van der Waals surface area contributed by atoms with Crippen LogP contribution in [0.1, 0.15) is 37.3 Å². The number of hydrogen-bond acceptors (Lipinski definition) is 3. The third-order valence-corrected chi connectivity index (χ3v) is 5.22. The molecule has 3 nitrogen and oxygen atoms in total. The van der Waals surface area contributed by atoms with Gasteiger partial charge in [0.1, 0.15) is 5.75 Å². The van der Waals surface area contributed by atoms with Crippen LogP contribution in [0.15, 0.2) is 22.7 Å². The van der Waals surface area contributed by atoms with Crippen LogP contribution >= 0.6 is 15.9 Å². The average Bonchev–Trinajstić information content (AvgIpc) is 3.20. The third-order valence-electron chi connectivity index (χ3n) is 4.73. The van der Waals surface area contributed by atoms with E-state index in [-0.39, 0.29) is 0 Å². The predicted octanol–water partition coefficient (Wildman–Crippen LogP) is 3.10. The Bertz CT molecular complexity index is 503. The number of hydrogen-bond donors (Lipinski definition) is 1. The highest BCUT2D eigenvalue weighted by Gasteiger charge is 2.35. The quantitative estimate of drug-likeness (QED) is 0.917. The molecule has 0 amide bonds. The Kier molecular flexibility index (Phi) is 3.49. The van der Waals surface area contributed by atoms with Crippen LogP contribution in [0.2, 0.25) is 0 Å². The maximum Gasteiger partial charge on any atom is 0.124 e. The Labute approximate surface area is 128 Å². The summed E-state index contributed by atoms with van der Waals surface area (Å²) in [4.78, 5) is 2.67. The second kappa shape index (κ2) is 5.32. The van der Waals surface area contributed by atoms with Gasteiger partial charge in [-0.25, -0.2) is 0 Å². The van der Waals surface area contributed by atoms with Gasteiger partial charge in [-0.3, -0.25) is 4.90 Å². The number of rotatable bonds is 3. The van der Waals surface area contributed by atoms with Gasteiger partial charge in [0.15, 0.2) is 0 Å². The van der Waals surface area contributed by atoms with Crippen LogP contribution in [-0.4, -0.2) is 36.7 Å². The minimum atomic E-state index is 0.445. The first-order chi connectivity index (χ1) is 9.79. The van der Waals surface area contributed by atoms with Gasteiger partial charge in [-0.15, -0.1) is 0 Å². The molecule has 1 N–H and O–H groups in total. The van der Waals surface area contributed by atoms with Gasteiger partial charge >= 0.3 is 0 Å². The molecule has 2 heterocycles. The highest BCUT2D eigenvalue weighted by Crippen LogP contribution is 2.35. The summed E-state index contributed by atoms with van der Waals surface area (Å²) < 4.78 is 6.91. The molecule has 108 valence electrons. The highest BCUT2D eigenvalue weighted by molar-refractivity contribution is 9.10. The summed E-state index contributed by atoms with van der Waals surface area (Å²) in [5.41, 5.74) is 1.32. The lowest BCUT2D eigenvalue weighted by Gasteiger charge is -2.29. The van der Waals surface area contributed by atoms with Gasteiger partial charge in [0, 0.05) is 47.7 Å². The van der Waals surface area contributed by atoms with Crippen LogP contribution in [-0.2, 0) is 0 Å². The third kappa shape index (κ3) is 2.61. The molecule has 1 aromatic rings. The van der Waals surface area contributed by atoms with Gasteiger partial charge < -0.3 is 10.1 Å². The van der Waals surface area contributed by atoms with E-state index in [2.05, 4.69) is 44.3 Å². The first-order valence-electron chi connectivity index (χ1n) is 7.72. The summed E-state index contributed by atoms with van der Waals surface area (Å²) in [5, 5.41) is 3.87. The molecule has 2 aliphatic heterocycles. The van der Waals surface area contributed by atoms with Crippen LogP contribution in [0.3, 0.4) is 0 Å². The number of halogens is 1. The van der Waals surface area contributed by atoms with Crippen molar-refractivity contribution < 1.29 is 4.74 Å².